The fourth-order valence-corrected chi connectivity index (χ4v) is 3.46. The van der Waals surface area contributed by atoms with E-state index >= 15 is 0 Å². The van der Waals surface area contributed by atoms with Crippen LogP contribution in [-0.4, -0.2) is 23.2 Å². The van der Waals surface area contributed by atoms with Crippen LogP contribution in [0.15, 0.2) is 27.8 Å². The summed E-state index contributed by atoms with van der Waals surface area (Å²) in [6, 6.07) is 5.72. The minimum Gasteiger partial charge on any atom is -0.296 e. The van der Waals surface area contributed by atoms with Crippen molar-refractivity contribution in [2.24, 2.45) is 11.1 Å². The van der Waals surface area contributed by atoms with Crippen molar-refractivity contribution in [2.75, 3.05) is 0 Å². The monoisotopic (exact) mass is 484 g/mol. The van der Waals surface area contributed by atoms with Gasteiger partial charge in [-0.1, -0.05) is 29.8 Å². The van der Waals surface area contributed by atoms with E-state index in [1.54, 1.807) is 4.57 Å². The molecule has 2 aromatic rings. The van der Waals surface area contributed by atoms with Gasteiger partial charge in [-0.15, -0.1) is 10.2 Å². The molecule has 21 heavy (non-hydrogen) atoms. The molecule has 0 spiro atoms. The second kappa shape index (κ2) is 6.31. The molecule has 0 radical (unpaired) electrons. The molecular formula is C12H14BrIN4O2S. The average molecular weight is 485 g/mol. The topological polar surface area (TPSA) is 90.9 Å². The van der Waals surface area contributed by atoms with Gasteiger partial charge in [0.25, 0.3) is 15.2 Å². The summed E-state index contributed by atoms with van der Waals surface area (Å²) in [5.41, 5.74) is 0.813. The predicted molar refractivity (Wildman–Crippen MR) is 92.1 cm³/mol. The third-order valence-electron chi connectivity index (χ3n) is 2.69. The first-order valence-electron chi connectivity index (χ1n) is 6.11. The van der Waals surface area contributed by atoms with Crippen LogP contribution >= 0.6 is 38.5 Å². The molecule has 0 amide bonds. The van der Waals surface area contributed by atoms with Gasteiger partial charge in [-0.25, -0.2) is 13.6 Å². The quantitative estimate of drug-likeness (QED) is 0.675. The summed E-state index contributed by atoms with van der Waals surface area (Å²) in [5.74, 6) is 0.725. The summed E-state index contributed by atoms with van der Waals surface area (Å²) >= 11 is 5.59. The minimum absolute atomic E-state index is 0.207. The van der Waals surface area contributed by atoms with Crippen molar-refractivity contribution >= 4 is 48.5 Å². The highest BCUT2D eigenvalue weighted by molar-refractivity contribution is 14.1. The normalized spacial score (nSPS) is 12.1. The van der Waals surface area contributed by atoms with Gasteiger partial charge in [-0.3, -0.25) is 4.57 Å². The maximum Gasteiger partial charge on any atom is 0.273 e. The largest absolute Gasteiger partial charge is 0.296 e. The van der Waals surface area contributed by atoms with Crippen LogP contribution in [0.25, 0.3) is 11.4 Å². The predicted octanol–water partition coefficient (Wildman–Crippen LogP) is 2.62. The van der Waals surface area contributed by atoms with E-state index < -0.39 is 10.0 Å². The Hall–Kier alpha value is -0.520. The van der Waals surface area contributed by atoms with E-state index in [2.05, 4.69) is 48.7 Å². The summed E-state index contributed by atoms with van der Waals surface area (Å²) in [6.07, 6.45) is 0. The molecule has 0 fully saturated rings. The molecule has 1 aromatic carbocycles. The Bertz CT molecular complexity index is 774. The van der Waals surface area contributed by atoms with E-state index in [0.29, 0.717) is 12.4 Å². The van der Waals surface area contributed by atoms with Gasteiger partial charge >= 0.3 is 0 Å². The zero-order valence-corrected chi connectivity index (χ0v) is 16.0. The van der Waals surface area contributed by atoms with Crippen molar-refractivity contribution in [2.45, 2.75) is 25.5 Å². The molecule has 6 nitrogen and oxygen atoms in total. The van der Waals surface area contributed by atoms with E-state index in [0.717, 1.165) is 13.6 Å². The number of benzene rings is 1. The van der Waals surface area contributed by atoms with E-state index in [-0.39, 0.29) is 11.1 Å². The van der Waals surface area contributed by atoms with Crippen molar-refractivity contribution in [3.63, 3.8) is 0 Å². The third-order valence-corrected chi connectivity index (χ3v) is 4.93. The van der Waals surface area contributed by atoms with Crippen molar-refractivity contribution in [1.29, 1.82) is 0 Å². The van der Waals surface area contributed by atoms with Crippen LogP contribution < -0.4 is 5.14 Å². The van der Waals surface area contributed by atoms with E-state index in [1.807, 2.05) is 32.0 Å². The number of primary sulfonamides is 1. The van der Waals surface area contributed by atoms with Crippen LogP contribution in [-0.2, 0) is 16.6 Å². The van der Waals surface area contributed by atoms with Crippen molar-refractivity contribution < 1.29 is 8.42 Å². The van der Waals surface area contributed by atoms with Gasteiger partial charge < -0.3 is 0 Å². The maximum absolute atomic E-state index is 11.7. The number of nitrogens with zero attached hydrogens (tertiary/aromatic N) is 3. The zero-order chi connectivity index (χ0) is 15.8. The van der Waals surface area contributed by atoms with Gasteiger partial charge in [0.15, 0.2) is 5.82 Å². The number of nitrogens with two attached hydrogens (primary N) is 1. The van der Waals surface area contributed by atoms with E-state index in [1.165, 1.54) is 0 Å². The molecule has 9 heteroatoms. The number of sulfonamides is 1. The highest BCUT2D eigenvalue weighted by Gasteiger charge is 2.23. The van der Waals surface area contributed by atoms with Crippen molar-refractivity contribution in [1.82, 2.24) is 14.8 Å². The Morgan fingerprint density at radius 2 is 2.05 bits per heavy atom. The number of hydrogen-bond donors (Lipinski definition) is 1. The van der Waals surface area contributed by atoms with E-state index in [4.69, 9.17) is 5.14 Å². The van der Waals surface area contributed by atoms with Crippen LogP contribution in [0.3, 0.4) is 0 Å². The molecule has 0 bridgehead atoms. The molecular weight excluding hydrogens is 471 g/mol. The lowest BCUT2D eigenvalue weighted by Gasteiger charge is -2.12. The van der Waals surface area contributed by atoms with Gasteiger partial charge in [-0.2, -0.15) is 0 Å². The van der Waals surface area contributed by atoms with Crippen LogP contribution in [0.5, 0.6) is 0 Å². The number of hydrogen-bond acceptors (Lipinski definition) is 4. The summed E-state index contributed by atoms with van der Waals surface area (Å²) in [6.45, 7) is 4.45. The van der Waals surface area contributed by atoms with E-state index in [9.17, 15) is 8.42 Å². The number of aromatic nitrogens is 3. The number of rotatable bonds is 4. The molecule has 0 saturated carbocycles. The SMILES string of the molecule is CC(C)Cn1c(-c2cc(Br)ccc2I)nnc1S(N)(=O)=O. The van der Waals surface area contributed by atoms with Crippen molar-refractivity contribution in [3.05, 3.63) is 26.2 Å². The Balaban J connectivity index is 2.69. The summed E-state index contributed by atoms with van der Waals surface area (Å²) < 4.78 is 26.7. The van der Waals surface area contributed by atoms with Gasteiger partial charge in [0.05, 0.1) is 0 Å². The second-order valence-electron chi connectivity index (χ2n) is 4.98. The van der Waals surface area contributed by atoms with Gasteiger partial charge in [0.1, 0.15) is 0 Å². The molecule has 0 unspecified atom stereocenters. The molecule has 0 aliphatic heterocycles. The van der Waals surface area contributed by atoms with Crippen LogP contribution in [0.4, 0.5) is 0 Å². The maximum atomic E-state index is 11.7. The first-order valence-corrected chi connectivity index (χ1v) is 9.53. The van der Waals surface area contributed by atoms with Gasteiger partial charge in [0, 0.05) is 20.2 Å². The van der Waals surface area contributed by atoms with Gasteiger partial charge in [-0.05, 0) is 46.7 Å². The zero-order valence-electron chi connectivity index (χ0n) is 11.4. The highest BCUT2D eigenvalue weighted by Crippen LogP contribution is 2.28. The van der Waals surface area contributed by atoms with Crippen molar-refractivity contribution in [3.8, 4) is 11.4 Å². The fourth-order valence-electron chi connectivity index (χ4n) is 1.90. The second-order valence-corrected chi connectivity index (χ2v) is 8.51. The smallest absolute Gasteiger partial charge is 0.273 e. The van der Waals surface area contributed by atoms with Crippen LogP contribution in [0.2, 0.25) is 0 Å². The Kier molecular flexibility index (Phi) is 5.06. The molecule has 0 aliphatic carbocycles. The molecule has 0 atom stereocenters. The van der Waals surface area contributed by atoms with Crippen LogP contribution in [0.1, 0.15) is 13.8 Å². The fraction of sp³-hybridized carbons (Fsp3) is 0.333. The standard InChI is InChI=1S/C12H14BrIN4O2S/c1-7(2)6-18-11(16-17-12(18)21(15,19)20)9-5-8(13)3-4-10(9)14/h3-5,7H,6H2,1-2H3,(H2,15,19,20). The molecule has 1 aromatic heterocycles. The lowest BCUT2D eigenvalue weighted by molar-refractivity contribution is 0.486. The lowest BCUT2D eigenvalue weighted by Crippen LogP contribution is -2.20. The Morgan fingerprint density at radius 3 is 2.62 bits per heavy atom. The first kappa shape index (κ1) is 16.8. The Labute approximate surface area is 145 Å². The lowest BCUT2D eigenvalue weighted by atomic mass is 10.2. The molecule has 0 aliphatic rings. The van der Waals surface area contributed by atoms with Crippen LogP contribution in [0, 0.1) is 9.49 Å². The molecule has 2 rings (SSSR count). The minimum atomic E-state index is -3.91. The summed E-state index contributed by atoms with van der Waals surface area (Å²) in [7, 11) is -3.91. The van der Waals surface area contributed by atoms with Gasteiger partial charge in [0.2, 0.25) is 0 Å². The molecule has 2 N–H and O–H groups in total. The third kappa shape index (κ3) is 3.82. The Morgan fingerprint density at radius 1 is 1.38 bits per heavy atom. The molecule has 114 valence electrons. The molecule has 1 heterocycles. The first-order chi connectivity index (χ1) is 9.70. The summed E-state index contributed by atoms with van der Waals surface area (Å²) in [4.78, 5) is 0. The highest BCUT2D eigenvalue weighted by atomic mass is 127. The number of halogens is 2. The molecule has 0 saturated heterocycles. The average Bonchev–Trinajstić information content (AvgIpc) is 2.74. The summed E-state index contributed by atoms with van der Waals surface area (Å²) in [5, 5.41) is 12.8.